The van der Waals surface area contributed by atoms with E-state index in [1.54, 1.807) is 47.8 Å². The van der Waals surface area contributed by atoms with Gasteiger partial charge in [0.05, 0.1) is 23.9 Å². The number of benzene rings is 2. The molecule has 2 heterocycles. The first kappa shape index (κ1) is 17.0. The van der Waals surface area contributed by atoms with E-state index in [0.717, 1.165) is 5.39 Å². The van der Waals surface area contributed by atoms with Crippen LogP contribution in [0.25, 0.3) is 22.2 Å². The Bertz CT molecular complexity index is 1200. The monoisotopic (exact) mass is 378 g/mol. The zero-order valence-electron chi connectivity index (χ0n) is 14.3. The Morgan fingerprint density at radius 1 is 1.15 bits per heavy atom. The second-order valence-electron chi connectivity index (χ2n) is 5.68. The minimum atomic E-state index is -0.471. The fourth-order valence-electron chi connectivity index (χ4n) is 2.69. The van der Waals surface area contributed by atoms with E-state index in [9.17, 15) is 9.59 Å². The molecular formula is C20H14N2O4S. The molecule has 0 atom stereocenters. The molecule has 0 spiro atoms. The first-order chi connectivity index (χ1) is 13.2. The highest BCUT2D eigenvalue weighted by molar-refractivity contribution is 7.14. The van der Waals surface area contributed by atoms with Gasteiger partial charge in [0, 0.05) is 10.8 Å². The van der Waals surface area contributed by atoms with Crippen LogP contribution in [0, 0.1) is 0 Å². The van der Waals surface area contributed by atoms with Gasteiger partial charge in [-0.2, -0.15) is 0 Å². The Morgan fingerprint density at radius 3 is 2.78 bits per heavy atom. The number of nitrogens with one attached hydrogen (secondary N) is 1. The zero-order chi connectivity index (χ0) is 18.8. The highest BCUT2D eigenvalue weighted by Gasteiger charge is 2.15. The number of hydrogen-bond donors (Lipinski definition) is 1. The summed E-state index contributed by atoms with van der Waals surface area (Å²) in [4.78, 5) is 29.1. The molecule has 0 unspecified atom stereocenters. The van der Waals surface area contributed by atoms with E-state index < -0.39 is 5.63 Å². The van der Waals surface area contributed by atoms with Crippen molar-refractivity contribution in [2.45, 2.75) is 0 Å². The summed E-state index contributed by atoms with van der Waals surface area (Å²) in [6.07, 6.45) is 0. The van der Waals surface area contributed by atoms with Crippen molar-refractivity contribution in [1.29, 1.82) is 0 Å². The van der Waals surface area contributed by atoms with E-state index in [1.807, 2.05) is 12.1 Å². The molecule has 4 aromatic rings. The molecule has 134 valence electrons. The smallest absolute Gasteiger partial charge is 0.345 e. The maximum atomic E-state index is 12.5. The molecule has 2 aromatic carbocycles. The number of carbonyl (C=O) groups excluding carboxylic acids is 1. The number of para-hydroxylation sites is 2. The van der Waals surface area contributed by atoms with Gasteiger partial charge in [-0.15, -0.1) is 11.3 Å². The van der Waals surface area contributed by atoms with Gasteiger partial charge < -0.3 is 9.15 Å². The van der Waals surface area contributed by atoms with Crippen LogP contribution in [-0.4, -0.2) is 18.0 Å². The van der Waals surface area contributed by atoms with Gasteiger partial charge in [0.1, 0.15) is 11.3 Å². The maximum absolute atomic E-state index is 12.5. The van der Waals surface area contributed by atoms with Crippen molar-refractivity contribution in [2.75, 3.05) is 12.4 Å². The maximum Gasteiger partial charge on any atom is 0.345 e. The number of carbonyl (C=O) groups is 1. The number of fused-ring (bicyclic) bond motifs is 1. The van der Waals surface area contributed by atoms with E-state index >= 15 is 0 Å². The van der Waals surface area contributed by atoms with Crippen molar-refractivity contribution in [1.82, 2.24) is 4.98 Å². The van der Waals surface area contributed by atoms with Crippen molar-refractivity contribution in [2.24, 2.45) is 0 Å². The van der Waals surface area contributed by atoms with Crippen LogP contribution in [0.4, 0.5) is 5.13 Å². The van der Waals surface area contributed by atoms with E-state index in [0.29, 0.717) is 33.3 Å². The molecular weight excluding hydrogens is 364 g/mol. The zero-order valence-corrected chi connectivity index (χ0v) is 15.1. The molecule has 4 rings (SSSR count). The minimum absolute atomic E-state index is 0.334. The quantitative estimate of drug-likeness (QED) is 0.539. The number of thiazole rings is 1. The van der Waals surface area contributed by atoms with E-state index in [4.69, 9.17) is 9.15 Å². The third-order valence-electron chi connectivity index (χ3n) is 3.99. The van der Waals surface area contributed by atoms with Crippen molar-refractivity contribution in [3.05, 3.63) is 76.0 Å². The van der Waals surface area contributed by atoms with Crippen LogP contribution >= 0.6 is 11.3 Å². The van der Waals surface area contributed by atoms with Crippen LogP contribution in [0.2, 0.25) is 0 Å². The van der Waals surface area contributed by atoms with Gasteiger partial charge in [0.15, 0.2) is 5.13 Å². The Kier molecular flexibility index (Phi) is 4.43. The van der Waals surface area contributed by atoms with Crippen LogP contribution in [-0.2, 0) is 0 Å². The van der Waals surface area contributed by atoms with Gasteiger partial charge in [-0.3, -0.25) is 10.1 Å². The fraction of sp³-hybridized carbons (Fsp3) is 0.0500. The van der Waals surface area contributed by atoms with Crippen molar-refractivity contribution in [3.63, 3.8) is 0 Å². The number of anilines is 1. The molecule has 27 heavy (non-hydrogen) atoms. The fourth-order valence-corrected chi connectivity index (χ4v) is 3.40. The van der Waals surface area contributed by atoms with Gasteiger partial charge in [0.2, 0.25) is 0 Å². The predicted octanol–water partition coefficient (Wildman–Crippen LogP) is 4.18. The predicted molar refractivity (Wildman–Crippen MR) is 105 cm³/mol. The number of aromatic nitrogens is 1. The highest BCUT2D eigenvalue weighted by Crippen LogP contribution is 2.26. The summed E-state index contributed by atoms with van der Waals surface area (Å²) in [5, 5.41) is 5.63. The number of amides is 1. The van der Waals surface area contributed by atoms with Gasteiger partial charge in [-0.25, -0.2) is 9.78 Å². The molecule has 0 aliphatic carbocycles. The molecule has 0 aliphatic rings. The van der Waals surface area contributed by atoms with E-state index in [2.05, 4.69) is 10.3 Å². The number of methoxy groups -OCH3 is 1. The SMILES string of the molecule is COc1ccccc1C(=O)Nc1nc(-c2cc3ccccc3oc2=O)cs1. The Hall–Kier alpha value is -3.45. The molecule has 0 bridgehead atoms. The molecule has 0 aliphatic heterocycles. The van der Waals surface area contributed by atoms with Crippen molar-refractivity contribution >= 4 is 33.3 Å². The molecule has 7 heteroatoms. The normalized spacial score (nSPS) is 10.7. The number of nitrogens with zero attached hydrogens (tertiary/aromatic N) is 1. The Morgan fingerprint density at radius 2 is 1.93 bits per heavy atom. The van der Waals surface area contributed by atoms with E-state index in [1.165, 1.54) is 18.4 Å². The van der Waals surface area contributed by atoms with E-state index in [-0.39, 0.29) is 5.91 Å². The second kappa shape index (κ2) is 7.05. The van der Waals surface area contributed by atoms with Gasteiger partial charge in [-0.05, 0) is 24.3 Å². The number of ether oxygens (including phenoxy) is 1. The summed E-state index contributed by atoms with van der Waals surface area (Å²) in [5.41, 5.74) is 1.26. The molecule has 1 N–H and O–H groups in total. The van der Waals surface area contributed by atoms with Crippen molar-refractivity contribution in [3.8, 4) is 17.0 Å². The molecule has 0 saturated carbocycles. The molecule has 0 fully saturated rings. The average Bonchev–Trinajstić information content (AvgIpc) is 3.15. The number of rotatable bonds is 4. The molecule has 0 saturated heterocycles. The van der Waals surface area contributed by atoms with Crippen LogP contribution in [0.15, 0.2) is 69.2 Å². The van der Waals surface area contributed by atoms with Crippen LogP contribution in [0.5, 0.6) is 5.75 Å². The standard InChI is InChI=1S/C20H14N2O4S/c1-25-17-9-5-3-7-13(17)18(23)22-20-21-15(11-27-20)14-10-12-6-2-4-8-16(12)26-19(14)24/h2-11H,1H3,(H,21,22,23). The highest BCUT2D eigenvalue weighted by atomic mass is 32.1. The average molecular weight is 378 g/mol. The van der Waals surface area contributed by atoms with Crippen LogP contribution < -0.4 is 15.7 Å². The second-order valence-corrected chi connectivity index (χ2v) is 6.54. The summed E-state index contributed by atoms with van der Waals surface area (Å²) in [5.74, 6) is 0.140. The summed E-state index contributed by atoms with van der Waals surface area (Å²) in [6, 6.07) is 15.9. The summed E-state index contributed by atoms with van der Waals surface area (Å²) in [7, 11) is 1.51. The summed E-state index contributed by atoms with van der Waals surface area (Å²) in [6.45, 7) is 0. The molecule has 6 nitrogen and oxygen atoms in total. The van der Waals surface area contributed by atoms with Crippen LogP contribution in [0.1, 0.15) is 10.4 Å². The lowest BCUT2D eigenvalue weighted by Gasteiger charge is -2.07. The lowest BCUT2D eigenvalue weighted by molar-refractivity contribution is 0.102. The van der Waals surface area contributed by atoms with Gasteiger partial charge >= 0.3 is 5.63 Å². The number of hydrogen-bond acceptors (Lipinski definition) is 6. The Balaban J connectivity index is 1.63. The molecule has 2 aromatic heterocycles. The first-order valence-electron chi connectivity index (χ1n) is 8.09. The lowest BCUT2D eigenvalue weighted by Crippen LogP contribution is -2.13. The molecule has 0 radical (unpaired) electrons. The van der Waals surface area contributed by atoms with Gasteiger partial charge in [-0.1, -0.05) is 30.3 Å². The summed E-state index contributed by atoms with van der Waals surface area (Å²) >= 11 is 1.23. The summed E-state index contributed by atoms with van der Waals surface area (Å²) < 4.78 is 10.5. The van der Waals surface area contributed by atoms with Crippen LogP contribution in [0.3, 0.4) is 0 Å². The van der Waals surface area contributed by atoms with Crippen molar-refractivity contribution < 1.29 is 13.9 Å². The third kappa shape index (κ3) is 3.32. The Labute approximate surface area is 158 Å². The largest absolute Gasteiger partial charge is 0.496 e. The third-order valence-corrected chi connectivity index (χ3v) is 4.75. The molecule has 1 amide bonds. The minimum Gasteiger partial charge on any atom is -0.496 e. The first-order valence-corrected chi connectivity index (χ1v) is 8.97. The van der Waals surface area contributed by atoms with Gasteiger partial charge in [0.25, 0.3) is 5.91 Å². The topological polar surface area (TPSA) is 81.4 Å². The lowest BCUT2D eigenvalue weighted by atomic mass is 10.1.